The standard InChI is InChI=1S/C16H23N3/c1-19-8-4-5-12(11-19)14(9-17)15-10-18-16-7-3-2-6-13(15)16/h2-3,6-7,10,12,14,18H,4-5,8-9,11,17H2,1H3. The average molecular weight is 257 g/mol. The molecule has 2 heterocycles. The molecule has 0 aliphatic carbocycles. The number of nitrogens with one attached hydrogen (secondary N) is 1. The lowest BCUT2D eigenvalue weighted by Gasteiger charge is -2.34. The molecule has 1 aromatic heterocycles. The summed E-state index contributed by atoms with van der Waals surface area (Å²) in [5, 5.41) is 1.34. The number of para-hydroxylation sites is 1. The molecule has 0 radical (unpaired) electrons. The molecule has 0 amide bonds. The average Bonchev–Trinajstić information content (AvgIpc) is 2.84. The predicted octanol–water partition coefficient (Wildman–Crippen LogP) is 2.55. The van der Waals surface area contributed by atoms with Crippen LogP contribution in [0.2, 0.25) is 0 Å². The summed E-state index contributed by atoms with van der Waals surface area (Å²) in [5.74, 6) is 1.15. The van der Waals surface area contributed by atoms with E-state index in [1.165, 1.54) is 42.4 Å². The zero-order chi connectivity index (χ0) is 13.2. The summed E-state index contributed by atoms with van der Waals surface area (Å²) < 4.78 is 0. The summed E-state index contributed by atoms with van der Waals surface area (Å²) in [5.41, 5.74) is 8.72. The van der Waals surface area contributed by atoms with Crippen molar-refractivity contribution in [3.63, 3.8) is 0 Å². The monoisotopic (exact) mass is 257 g/mol. The van der Waals surface area contributed by atoms with E-state index in [9.17, 15) is 0 Å². The van der Waals surface area contributed by atoms with Gasteiger partial charge in [0.2, 0.25) is 0 Å². The van der Waals surface area contributed by atoms with Gasteiger partial charge in [0.25, 0.3) is 0 Å². The van der Waals surface area contributed by atoms with Crippen LogP contribution in [0.4, 0.5) is 0 Å². The molecular formula is C16H23N3. The van der Waals surface area contributed by atoms with Crippen LogP contribution < -0.4 is 5.73 Å². The van der Waals surface area contributed by atoms with E-state index >= 15 is 0 Å². The van der Waals surface area contributed by atoms with Gasteiger partial charge in [-0.05, 0) is 50.5 Å². The van der Waals surface area contributed by atoms with E-state index < -0.39 is 0 Å². The molecule has 1 aliphatic rings. The Labute approximate surface area is 114 Å². The summed E-state index contributed by atoms with van der Waals surface area (Å²) in [6.45, 7) is 3.13. The third kappa shape index (κ3) is 2.40. The molecule has 1 saturated heterocycles. The summed E-state index contributed by atoms with van der Waals surface area (Å²) in [4.78, 5) is 5.82. The van der Waals surface area contributed by atoms with Gasteiger partial charge in [-0.15, -0.1) is 0 Å². The van der Waals surface area contributed by atoms with E-state index in [2.05, 4.69) is 47.4 Å². The minimum atomic E-state index is 0.471. The van der Waals surface area contributed by atoms with Crippen molar-refractivity contribution >= 4 is 10.9 Å². The van der Waals surface area contributed by atoms with Crippen molar-refractivity contribution in [1.82, 2.24) is 9.88 Å². The number of aromatic nitrogens is 1. The highest BCUT2D eigenvalue weighted by atomic mass is 15.1. The predicted molar refractivity (Wildman–Crippen MR) is 80.3 cm³/mol. The lowest BCUT2D eigenvalue weighted by molar-refractivity contribution is 0.189. The first-order valence-electron chi connectivity index (χ1n) is 7.24. The summed E-state index contributed by atoms with van der Waals surface area (Å²) in [6, 6.07) is 8.53. The van der Waals surface area contributed by atoms with Crippen LogP contribution in [-0.2, 0) is 0 Å². The van der Waals surface area contributed by atoms with Crippen molar-refractivity contribution in [2.45, 2.75) is 18.8 Å². The van der Waals surface area contributed by atoms with Crippen LogP contribution in [0.15, 0.2) is 30.5 Å². The molecule has 2 atom stereocenters. The van der Waals surface area contributed by atoms with Gasteiger partial charge in [0, 0.05) is 29.6 Å². The van der Waals surface area contributed by atoms with Crippen LogP contribution in [0.1, 0.15) is 24.3 Å². The number of nitrogens with two attached hydrogens (primary N) is 1. The number of benzene rings is 1. The van der Waals surface area contributed by atoms with E-state index in [4.69, 9.17) is 5.73 Å². The number of likely N-dealkylation sites (tertiary alicyclic amines) is 1. The second-order valence-electron chi connectivity index (χ2n) is 5.80. The first-order valence-corrected chi connectivity index (χ1v) is 7.24. The molecule has 1 aliphatic heterocycles. The molecule has 1 fully saturated rings. The third-order valence-electron chi connectivity index (χ3n) is 4.50. The van der Waals surface area contributed by atoms with Gasteiger partial charge in [-0.2, -0.15) is 0 Å². The maximum atomic E-state index is 6.10. The lowest BCUT2D eigenvalue weighted by atomic mass is 9.81. The Kier molecular flexibility index (Phi) is 3.58. The van der Waals surface area contributed by atoms with Gasteiger partial charge in [0.1, 0.15) is 0 Å². The van der Waals surface area contributed by atoms with Gasteiger partial charge in [0.05, 0.1) is 0 Å². The fraction of sp³-hybridized carbons (Fsp3) is 0.500. The minimum Gasteiger partial charge on any atom is -0.361 e. The number of hydrogen-bond acceptors (Lipinski definition) is 2. The Morgan fingerprint density at radius 1 is 1.42 bits per heavy atom. The fourth-order valence-corrected chi connectivity index (χ4v) is 3.51. The maximum Gasteiger partial charge on any atom is 0.0456 e. The highest BCUT2D eigenvalue weighted by Gasteiger charge is 2.27. The highest BCUT2D eigenvalue weighted by molar-refractivity contribution is 5.83. The van der Waals surface area contributed by atoms with Crippen molar-refractivity contribution in [1.29, 1.82) is 0 Å². The number of H-pyrrole nitrogens is 1. The lowest BCUT2D eigenvalue weighted by Crippen LogP contribution is -2.37. The number of hydrogen-bond donors (Lipinski definition) is 2. The molecule has 2 unspecified atom stereocenters. The zero-order valence-electron chi connectivity index (χ0n) is 11.6. The molecule has 0 spiro atoms. The molecule has 19 heavy (non-hydrogen) atoms. The third-order valence-corrected chi connectivity index (χ3v) is 4.50. The van der Waals surface area contributed by atoms with Crippen molar-refractivity contribution in [2.75, 3.05) is 26.7 Å². The van der Waals surface area contributed by atoms with E-state index in [0.717, 1.165) is 6.54 Å². The summed E-state index contributed by atoms with van der Waals surface area (Å²) in [7, 11) is 2.22. The van der Waals surface area contributed by atoms with E-state index in [1.54, 1.807) is 0 Å². The van der Waals surface area contributed by atoms with Crippen molar-refractivity contribution in [2.24, 2.45) is 11.7 Å². The van der Waals surface area contributed by atoms with Crippen LogP contribution in [0, 0.1) is 5.92 Å². The van der Waals surface area contributed by atoms with Crippen molar-refractivity contribution in [3.8, 4) is 0 Å². The Morgan fingerprint density at radius 3 is 3.05 bits per heavy atom. The van der Waals surface area contributed by atoms with Gasteiger partial charge in [-0.25, -0.2) is 0 Å². The number of aromatic amines is 1. The fourth-order valence-electron chi connectivity index (χ4n) is 3.51. The normalized spacial score (nSPS) is 22.7. The molecule has 2 aromatic rings. The smallest absolute Gasteiger partial charge is 0.0456 e. The van der Waals surface area contributed by atoms with E-state index in [-0.39, 0.29) is 0 Å². The number of piperidine rings is 1. The molecule has 3 N–H and O–H groups in total. The molecule has 0 bridgehead atoms. The van der Waals surface area contributed by atoms with Gasteiger partial charge >= 0.3 is 0 Å². The van der Waals surface area contributed by atoms with E-state index in [0.29, 0.717) is 11.8 Å². The summed E-state index contributed by atoms with van der Waals surface area (Å²) >= 11 is 0. The molecule has 3 heteroatoms. The van der Waals surface area contributed by atoms with E-state index in [1.807, 2.05) is 0 Å². The topological polar surface area (TPSA) is 45.0 Å². The number of rotatable bonds is 3. The van der Waals surface area contributed by atoms with Crippen LogP contribution >= 0.6 is 0 Å². The Hall–Kier alpha value is -1.32. The first kappa shape index (κ1) is 12.7. The quantitative estimate of drug-likeness (QED) is 0.887. The maximum absolute atomic E-state index is 6.10. The van der Waals surface area contributed by atoms with Gasteiger partial charge in [0.15, 0.2) is 0 Å². The number of nitrogens with zero attached hydrogens (tertiary/aromatic N) is 1. The SMILES string of the molecule is CN1CCCC(C(CN)c2c[nH]c3ccccc23)C1. The Morgan fingerprint density at radius 2 is 2.26 bits per heavy atom. The molecule has 3 nitrogen and oxygen atoms in total. The zero-order valence-corrected chi connectivity index (χ0v) is 11.6. The van der Waals surface area contributed by atoms with Gasteiger partial charge in [-0.3, -0.25) is 0 Å². The largest absolute Gasteiger partial charge is 0.361 e. The van der Waals surface area contributed by atoms with Crippen LogP contribution in [-0.4, -0.2) is 36.6 Å². The Balaban J connectivity index is 1.93. The molecule has 1 aromatic carbocycles. The summed E-state index contributed by atoms with van der Waals surface area (Å²) in [6.07, 6.45) is 4.75. The van der Waals surface area contributed by atoms with Gasteiger partial charge in [-0.1, -0.05) is 18.2 Å². The highest BCUT2D eigenvalue weighted by Crippen LogP contribution is 2.34. The first-order chi connectivity index (χ1) is 9.29. The second kappa shape index (κ2) is 5.35. The van der Waals surface area contributed by atoms with Crippen LogP contribution in [0.25, 0.3) is 10.9 Å². The van der Waals surface area contributed by atoms with Crippen LogP contribution in [0.5, 0.6) is 0 Å². The molecule has 3 rings (SSSR count). The van der Waals surface area contributed by atoms with Gasteiger partial charge < -0.3 is 15.6 Å². The molecule has 0 saturated carbocycles. The van der Waals surface area contributed by atoms with Crippen molar-refractivity contribution in [3.05, 3.63) is 36.0 Å². The minimum absolute atomic E-state index is 0.471. The van der Waals surface area contributed by atoms with Crippen LogP contribution in [0.3, 0.4) is 0 Å². The molecule has 102 valence electrons. The number of fused-ring (bicyclic) bond motifs is 1. The second-order valence-corrected chi connectivity index (χ2v) is 5.80. The molecular weight excluding hydrogens is 234 g/mol. The van der Waals surface area contributed by atoms with Crippen molar-refractivity contribution < 1.29 is 0 Å². The Bertz CT molecular complexity index is 546.